The Balaban J connectivity index is 1.71. The van der Waals surface area contributed by atoms with E-state index in [1.165, 1.54) is 11.8 Å². The molecule has 0 saturated heterocycles. The fraction of sp³-hybridized carbons (Fsp3) is 0.222. The average Bonchev–Trinajstić information content (AvgIpc) is 3.04. The Bertz CT molecular complexity index is 936. The number of nitrogens with one attached hydrogen (secondary N) is 1. The predicted molar refractivity (Wildman–Crippen MR) is 112 cm³/mol. The maximum Gasteiger partial charge on any atom is 0.234 e. The number of tetrazole rings is 1. The second-order valence-corrected chi connectivity index (χ2v) is 8.10. The summed E-state index contributed by atoms with van der Waals surface area (Å²) in [5.74, 6) is 0.145. The lowest BCUT2D eigenvalue weighted by atomic mass is 10.1. The normalized spacial score (nSPS) is 10.8. The molecule has 3 aromatic rings. The van der Waals surface area contributed by atoms with Crippen LogP contribution in [0.2, 0.25) is 0 Å². The molecule has 2 aromatic carbocycles. The van der Waals surface area contributed by atoms with E-state index < -0.39 is 0 Å². The second kappa shape index (κ2) is 8.17. The van der Waals surface area contributed by atoms with Crippen molar-refractivity contribution in [2.24, 2.45) is 0 Å². The summed E-state index contributed by atoms with van der Waals surface area (Å²) in [6, 6.07) is 12.0. The van der Waals surface area contributed by atoms with Crippen LogP contribution in [-0.4, -0.2) is 31.9 Å². The molecule has 26 heavy (non-hydrogen) atoms. The summed E-state index contributed by atoms with van der Waals surface area (Å²) in [4.78, 5) is 12.3. The van der Waals surface area contributed by atoms with Gasteiger partial charge in [0.25, 0.3) is 0 Å². The highest BCUT2D eigenvalue weighted by molar-refractivity contribution is 14.1. The molecular formula is C18H18IN5OS. The molecular weight excluding hydrogens is 461 g/mol. The van der Waals surface area contributed by atoms with Crippen molar-refractivity contribution in [1.29, 1.82) is 0 Å². The van der Waals surface area contributed by atoms with Gasteiger partial charge in [-0.3, -0.25) is 4.79 Å². The largest absolute Gasteiger partial charge is 0.325 e. The Hall–Kier alpha value is -1.94. The third kappa shape index (κ3) is 4.24. The minimum absolute atomic E-state index is 0.0876. The quantitative estimate of drug-likeness (QED) is 0.444. The highest BCUT2D eigenvalue weighted by Crippen LogP contribution is 2.24. The SMILES string of the molecule is Cc1cc(I)ccc1NC(=O)CSc1nnnn1-c1c(C)cccc1C. The summed E-state index contributed by atoms with van der Waals surface area (Å²) in [6.07, 6.45) is 0. The Morgan fingerprint density at radius 2 is 1.88 bits per heavy atom. The number of anilines is 1. The van der Waals surface area contributed by atoms with Gasteiger partial charge in [-0.2, -0.15) is 4.68 Å². The van der Waals surface area contributed by atoms with E-state index in [1.807, 2.05) is 57.2 Å². The molecule has 0 saturated carbocycles. The Kier molecular flexibility index (Phi) is 5.92. The van der Waals surface area contributed by atoms with E-state index in [-0.39, 0.29) is 11.7 Å². The topological polar surface area (TPSA) is 72.7 Å². The van der Waals surface area contributed by atoms with Crippen LogP contribution in [0.3, 0.4) is 0 Å². The molecule has 3 rings (SSSR count). The minimum Gasteiger partial charge on any atom is -0.325 e. The first-order chi connectivity index (χ1) is 12.5. The first-order valence-corrected chi connectivity index (χ1v) is 10.1. The van der Waals surface area contributed by atoms with E-state index in [0.29, 0.717) is 5.16 Å². The molecule has 6 nitrogen and oxygen atoms in total. The maximum atomic E-state index is 12.3. The van der Waals surface area contributed by atoms with Crippen LogP contribution in [0.1, 0.15) is 16.7 Å². The van der Waals surface area contributed by atoms with Crippen molar-refractivity contribution in [1.82, 2.24) is 20.2 Å². The molecule has 1 aromatic heterocycles. The van der Waals surface area contributed by atoms with Crippen LogP contribution < -0.4 is 5.32 Å². The number of thioether (sulfide) groups is 1. The fourth-order valence-electron chi connectivity index (χ4n) is 2.63. The molecule has 1 heterocycles. The second-order valence-electron chi connectivity index (χ2n) is 5.91. The van der Waals surface area contributed by atoms with Crippen molar-refractivity contribution in [3.05, 3.63) is 56.7 Å². The summed E-state index contributed by atoms with van der Waals surface area (Å²) < 4.78 is 2.83. The number of aromatic nitrogens is 4. The zero-order valence-electron chi connectivity index (χ0n) is 14.7. The Labute approximate surface area is 169 Å². The highest BCUT2D eigenvalue weighted by Gasteiger charge is 2.15. The molecule has 0 aliphatic rings. The predicted octanol–water partition coefficient (Wildman–Crippen LogP) is 3.92. The third-order valence-corrected chi connectivity index (χ3v) is 5.48. The molecule has 0 atom stereocenters. The number of halogens is 1. The van der Waals surface area contributed by atoms with Gasteiger partial charge in [0.05, 0.1) is 11.4 Å². The molecule has 134 valence electrons. The lowest BCUT2D eigenvalue weighted by Crippen LogP contribution is -2.15. The van der Waals surface area contributed by atoms with Gasteiger partial charge >= 0.3 is 0 Å². The van der Waals surface area contributed by atoms with Gasteiger partial charge in [-0.15, -0.1) is 5.10 Å². The van der Waals surface area contributed by atoms with Crippen molar-refractivity contribution in [3.63, 3.8) is 0 Å². The number of hydrogen-bond donors (Lipinski definition) is 1. The van der Waals surface area contributed by atoms with Gasteiger partial charge in [-0.1, -0.05) is 30.0 Å². The number of para-hydroxylation sites is 1. The Morgan fingerprint density at radius 3 is 2.58 bits per heavy atom. The number of carbonyl (C=O) groups is 1. The summed E-state index contributed by atoms with van der Waals surface area (Å²) in [5, 5.41) is 15.5. The van der Waals surface area contributed by atoms with Crippen molar-refractivity contribution in [2.45, 2.75) is 25.9 Å². The molecule has 0 unspecified atom stereocenters. The third-order valence-electron chi connectivity index (χ3n) is 3.89. The fourth-order valence-corrected chi connectivity index (χ4v) is 3.96. The van der Waals surface area contributed by atoms with Gasteiger partial charge in [0.2, 0.25) is 11.1 Å². The van der Waals surface area contributed by atoms with Crippen molar-refractivity contribution >= 4 is 45.9 Å². The lowest BCUT2D eigenvalue weighted by Gasteiger charge is -2.11. The summed E-state index contributed by atoms with van der Waals surface area (Å²) in [7, 11) is 0. The highest BCUT2D eigenvalue weighted by atomic mass is 127. The first kappa shape index (κ1) is 18.8. The molecule has 0 bridgehead atoms. The Morgan fingerprint density at radius 1 is 1.15 bits per heavy atom. The molecule has 1 amide bonds. The van der Waals surface area contributed by atoms with Crippen molar-refractivity contribution < 1.29 is 4.79 Å². The lowest BCUT2D eigenvalue weighted by molar-refractivity contribution is -0.113. The van der Waals surface area contributed by atoms with E-state index in [2.05, 4.69) is 43.4 Å². The van der Waals surface area contributed by atoms with E-state index in [4.69, 9.17) is 0 Å². The van der Waals surface area contributed by atoms with Crippen LogP contribution in [0.5, 0.6) is 0 Å². The monoisotopic (exact) mass is 479 g/mol. The number of hydrogen-bond acceptors (Lipinski definition) is 5. The van der Waals surface area contributed by atoms with Crippen LogP contribution in [0.15, 0.2) is 41.6 Å². The van der Waals surface area contributed by atoms with Crippen LogP contribution in [-0.2, 0) is 4.79 Å². The zero-order chi connectivity index (χ0) is 18.7. The number of rotatable bonds is 5. The average molecular weight is 479 g/mol. The van der Waals surface area contributed by atoms with E-state index in [9.17, 15) is 4.79 Å². The number of nitrogens with zero attached hydrogens (tertiary/aromatic N) is 4. The van der Waals surface area contributed by atoms with Crippen molar-refractivity contribution in [3.8, 4) is 5.69 Å². The maximum absolute atomic E-state index is 12.3. The van der Waals surface area contributed by atoms with Gasteiger partial charge in [-0.25, -0.2) is 0 Å². The molecule has 0 aliphatic carbocycles. The first-order valence-electron chi connectivity index (χ1n) is 7.99. The number of benzene rings is 2. The van der Waals surface area contributed by atoms with Gasteiger partial charge in [0.1, 0.15) is 0 Å². The molecule has 0 fully saturated rings. The van der Waals surface area contributed by atoms with Crippen LogP contribution in [0, 0.1) is 24.3 Å². The van der Waals surface area contributed by atoms with Gasteiger partial charge in [-0.05, 0) is 88.7 Å². The van der Waals surface area contributed by atoms with Gasteiger partial charge in [0.15, 0.2) is 0 Å². The summed E-state index contributed by atoms with van der Waals surface area (Å²) in [5.41, 5.74) is 4.98. The molecule has 0 radical (unpaired) electrons. The number of aryl methyl sites for hydroxylation is 3. The zero-order valence-corrected chi connectivity index (χ0v) is 17.6. The van der Waals surface area contributed by atoms with E-state index in [0.717, 1.165) is 31.6 Å². The standard InChI is InChI=1S/C18H18IN5OS/c1-11-5-4-6-12(2)17(11)24-18(21-22-23-24)26-10-16(25)20-15-8-7-14(19)9-13(15)3/h4-9H,10H2,1-3H3,(H,20,25). The number of amides is 1. The molecule has 0 spiro atoms. The van der Waals surface area contributed by atoms with Crippen LogP contribution in [0.4, 0.5) is 5.69 Å². The van der Waals surface area contributed by atoms with Crippen molar-refractivity contribution in [2.75, 3.05) is 11.1 Å². The molecule has 1 N–H and O–H groups in total. The number of carbonyl (C=O) groups excluding carboxylic acids is 1. The molecule has 0 aliphatic heterocycles. The van der Waals surface area contributed by atoms with Crippen LogP contribution >= 0.6 is 34.4 Å². The van der Waals surface area contributed by atoms with E-state index in [1.54, 1.807) is 4.68 Å². The molecule has 8 heteroatoms. The van der Waals surface area contributed by atoms with E-state index >= 15 is 0 Å². The van der Waals surface area contributed by atoms with Gasteiger partial charge < -0.3 is 5.32 Å². The smallest absolute Gasteiger partial charge is 0.234 e. The summed E-state index contributed by atoms with van der Waals surface area (Å²) >= 11 is 3.57. The minimum atomic E-state index is -0.0876. The summed E-state index contributed by atoms with van der Waals surface area (Å²) in [6.45, 7) is 6.02. The van der Waals surface area contributed by atoms with Gasteiger partial charge in [0, 0.05) is 9.26 Å². The van der Waals surface area contributed by atoms with Crippen LogP contribution in [0.25, 0.3) is 5.69 Å².